The van der Waals surface area contributed by atoms with E-state index < -0.39 is 0 Å². The summed E-state index contributed by atoms with van der Waals surface area (Å²) in [6.07, 6.45) is 7.91. The maximum atomic E-state index is 4.07. The molecule has 3 nitrogen and oxygen atoms in total. The van der Waals surface area contributed by atoms with Crippen LogP contribution in [0.25, 0.3) is 0 Å². The van der Waals surface area contributed by atoms with Crippen molar-refractivity contribution < 1.29 is 0 Å². The second-order valence-corrected chi connectivity index (χ2v) is 3.71. The van der Waals surface area contributed by atoms with Gasteiger partial charge in [-0.25, -0.2) is 9.97 Å². The van der Waals surface area contributed by atoms with E-state index >= 15 is 0 Å². The van der Waals surface area contributed by atoms with Crippen LogP contribution in [0.2, 0.25) is 0 Å². The summed E-state index contributed by atoms with van der Waals surface area (Å²) in [5.74, 6) is 2.16. The number of nitrogens with zero attached hydrogens (tertiary/aromatic N) is 2. The molecule has 1 aromatic heterocycles. The van der Waals surface area contributed by atoms with E-state index in [9.17, 15) is 0 Å². The van der Waals surface area contributed by atoms with Crippen LogP contribution in [0.15, 0.2) is 18.6 Å². The maximum absolute atomic E-state index is 4.07. The van der Waals surface area contributed by atoms with Crippen LogP contribution in [0.3, 0.4) is 0 Å². The van der Waals surface area contributed by atoms with Crippen molar-refractivity contribution in [2.75, 3.05) is 23.9 Å². The average Bonchev–Trinajstić information content (AvgIpc) is 2.19. The van der Waals surface area contributed by atoms with E-state index in [0.29, 0.717) is 0 Å². The third-order valence-electron chi connectivity index (χ3n) is 1.66. The Labute approximate surface area is 83.4 Å². The first-order valence-electron chi connectivity index (χ1n) is 4.42. The molecule has 0 unspecified atom stereocenters. The first-order valence-corrected chi connectivity index (χ1v) is 5.81. The van der Waals surface area contributed by atoms with Crippen molar-refractivity contribution in [2.45, 2.75) is 12.8 Å². The molecule has 0 saturated heterocycles. The van der Waals surface area contributed by atoms with Gasteiger partial charge < -0.3 is 5.32 Å². The van der Waals surface area contributed by atoms with Gasteiger partial charge >= 0.3 is 0 Å². The minimum Gasteiger partial charge on any atom is -0.370 e. The van der Waals surface area contributed by atoms with Crippen LogP contribution in [0.5, 0.6) is 0 Å². The van der Waals surface area contributed by atoms with Crippen molar-refractivity contribution in [3.05, 3.63) is 18.6 Å². The van der Waals surface area contributed by atoms with Crippen molar-refractivity contribution in [2.24, 2.45) is 0 Å². The van der Waals surface area contributed by atoms with E-state index in [-0.39, 0.29) is 0 Å². The fourth-order valence-corrected chi connectivity index (χ4v) is 1.48. The number of nitrogens with one attached hydrogen (secondary N) is 1. The molecule has 0 aliphatic rings. The quantitative estimate of drug-likeness (QED) is 0.708. The Morgan fingerprint density at radius 3 is 3.08 bits per heavy atom. The number of hydrogen-bond acceptors (Lipinski definition) is 4. The van der Waals surface area contributed by atoms with Gasteiger partial charge in [0.25, 0.3) is 0 Å². The molecule has 1 aromatic rings. The minimum atomic E-state index is 0.916. The Balaban J connectivity index is 2.07. The van der Waals surface area contributed by atoms with Gasteiger partial charge in [0.2, 0.25) is 0 Å². The molecule has 4 heteroatoms. The molecular formula is C9H15N3S. The number of thioether (sulfide) groups is 1. The molecule has 13 heavy (non-hydrogen) atoms. The van der Waals surface area contributed by atoms with Gasteiger partial charge in [0.05, 0.1) is 0 Å². The van der Waals surface area contributed by atoms with Crippen molar-refractivity contribution in [1.82, 2.24) is 9.97 Å². The Morgan fingerprint density at radius 2 is 2.38 bits per heavy atom. The highest BCUT2D eigenvalue weighted by Gasteiger charge is 1.90. The van der Waals surface area contributed by atoms with Crippen LogP contribution >= 0.6 is 11.8 Å². The molecule has 0 bridgehead atoms. The van der Waals surface area contributed by atoms with Gasteiger partial charge in [-0.2, -0.15) is 11.8 Å². The van der Waals surface area contributed by atoms with E-state index in [1.807, 2.05) is 17.8 Å². The molecule has 0 radical (unpaired) electrons. The summed E-state index contributed by atoms with van der Waals surface area (Å²) in [6, 6.07) is 1.88. The van der Waals surface area contributed by atoms with Gasteiger partial charge in [-0.05, 0) is 30.9 Å². The summed E-state index contributed by atoms with van der Waals surface area (Å²) >= 11 is 1.89. The average molecular weight is 197 g/mol. The summed E-state index contributed by atoms with van der Waals surface area (Å²) in [6.45, 7) is 0.998. The topological polar surface area (TPSA) is 37.8 Å². The minimum absolute atomic E-state index is 0.916. The number of rotatable bonds is 6. The molecule has 0 aliphatic carbocycles. The molecule has 1 N–H and O–H groups in total. The highest BCUT2D eigenvalue weighted by atomic mass is 32.2. The molecule has 1 rings (SSSR count). The monoisotopic (exact) mass is 197 g/mol. The zero-order valence-corrected chi connectivity index (χ0v) is 8.68. The Bertz CT molecular complexity index is 215. The molecule has 0 saturated carbocycles. The predicted octanol–water partition coefficient (Wildman–Crippen LogP) is 2.03. The van der Waals surface area contributed by atoms with Crippen LogP contribution in [0.4, 0.5) is 5.82 Å². The Morgan fingerprint density at radius 1 is 1.46 bits per heavy atom. The van der Waals surface area contributed by atoms with Crippen LogP contribution in [-0.4, -0.2) is 28.5 Å². The summed E-state index contributed by atoms with van der Waals surface area (Å²) in [4.78, 5) is 7.92. The van der Waals surface area contributed by atoms with Crippen LogP contribution in [0, 0.1) is 0 Å². The molecule has 0 aromatic carbocycles. The fourth-order valence-electron chi connectivity index (χ4n) is 0.983. The maximum Gasteiger partial charge on any atom is 0.129 e. The molecule has 72 valence electrons. The lowest BCUT2D eigenvalue weighted by atomic mass is 10.3. The van der Waals surface area contributed by atoms with Gasteiger partial charge in [0.1, 0.15) is 12.1 Å². The van der Waals surface area contributed by atoms with E-state index in [2.05, 4.69) is 21.5 Å². The second kappa shape index (κ2) is 6.71. The Kier molecular flexibility index (Phi) is 5.33. The molecule has 0 spiro atoms. The van der Waals surface area contributed by atoms with Crippen LogP contribution in [0.1, 0.15) is 12.8 Å². The summed E-state index contributed by atoms with van der Waals surface area (Å²) < 4.78 is 0. The standard InChI is InChI=1S/C9H15N3S/c1-13-7-3-2-5-11-9-4-6-10-8-12-9/h4,6,8H,2-3,5,7H2,1H3,(H,10,11,12). The van der Waals surface area contributed by atoms with Crippen molar-refractivity contribution in [3.63, 3.8) is 0 Å². The van der Waals surface area contributed by atoms with Gasteiger partial charge in [0.15, 0.2) is 0 Å². The lowest BCUT2D eigenvalue weighted by molar-refractivity contribution is 0.839. The van der Waals surface area contributed by atoms with Crippen LogP contribution < -0.4 is 5.32 Å². The predicted molar refractivity (Wildman–Crippen MR) is 58.1 cm³/mol. The van der Waals surface area contributed by atoms with E-state index in [4.69, 9.17) is 0 Å². The summed E-state index contributed by atoms with van der Waals surface area (Å²) in [5, 5.41) is 3.24. The van der Waals surface area contributed by atoms with Gasteiger partial charge in [-0.1, -0.05) is 0 Å². The number of anilines is 1. The first kappa shape index (κ1) is 10.3. The van der Waals surface area contributed by atoms with E-state index in [0.717, 1.165) is 12.4 Å². The highest BCUT2D eigenvalue weighted by molar-refractivity contribution is 7.98. The third-order valence-corrected chi connectivity index (χ3v) is 2.36. The van der Waals surface area contributed by atoms with Crippen molar-refractivity contribution in [3.8, 4) is 0 Å². The van der Waals surface area contributed by atoms with Crippen molar-refractivity contribution >= 4 is 17.6 Å². The SMILES string of the molecule is CSCCCCNc1ccncn1. The molecule has 1 heterocycles. The lowest BCUT2D eigenvalue weighted by Gasteiger charge is -2.03. The summed E-state index contributed by atoms with van der Waals surface area (Å²) in [7, 11) is 0. The highest BCUT2D eigenvalue weighted by Crippen LogP contribution is 2.01. The third kappa shape index (κ3) is 4.72. The largest absolute Gasteiger partial charge is 0.370 e. The molecule has 0 fully saturated rings. The van der Waals surface area contributed by atoms with E-state index in [1.54, 1.807) is 12.5 Å². The molecule has 0 aliphatic heterocycles. The van der Waals surface area contributed by atoms with Gasteiger partial charge in [0, 0.05) is 12.7 Å². The van der Waals surface area contributed by atoms with E-state index in [1.165, 1.54) is 18.6 Å². The number of hydrogen-bond donors (Lipinski definition) is 1. The smallest absolute Gasteiger partial charge is 0.129 e. The fraction of sp³-hybridized carbons (Fsp3) is 0.556. The molecule has 0 amide bonds. The van der Waals surface area contributed by atoms with Gasteiger partial charge in [-0.15, -0.1) is 0 Å². The zero-order valence-electron chi connectivity index (χ0n) is 7.86. The lowest BCUT2D eigenvalue weighted by Crippen LogP contribution is -2.03. The molecular weight excluding hydrogens is 182 g/mol. The van der Waals surface area contributed by atoms with Gasteiger partial charge in [-0.3, -0.25) is 0 Å². The normalized spacial score (nSPS) is 9.92. The number of aromatic nitrogens is 2. The van der Waals surface area contributed by atoms with Crippen LogP contribution in [-0.2, 0) is 0 Å². The van der Waals surface area contributed by atoms with Crippen molar-refractivity contribution in [1.29, 1.82) is 0 Å². The summed E-state index contributed by atoms with van der Waals surface area (Å²) in [5.41, 5.74) is 0. The second-order valence-electron chi connectivity index (χ2n) is 2.72. The zero-order chi connectivity index (χ0) is 9.36. The number of unbranched alkanes of at least 4 members (excludes halogenated alkanes) is 1. The Hall–Kier alpha value is -0.770. The molecule has 0 atom stereocenters. The first-order chi connectivity index (χ1) is 6.43.